The van der Waals surface area contributed by atoms with E-state index in [-0.39, 0.29) is 0 Å². The van der Waals surface area contributed by atoms with Gasteiger partial charge in [0, 0.05) is 35.6 Å². The van der Waals surface area contributed by atoms with Crippen molar-refractivity contribution in [2.24, 2.45) is 32.7 Å². The molecular formula is C29H53N3. The lowest BCUT2D eigenvalue weighted by Gasteiger charge is -2.37. The van der Waals surface area contributed by atoms with Crippen LogP contribution in [0.3, 0.4) is 0 Å². The van der Waals surface area contributed by atoms with Gasteiger partial charge in [-0.2, -0.15) is 0 Å². The molecule has 0 aromatic heterocycles. The number of rotatable bonds is 4. The van der Waals surface area contributed by atoms with Crippen LogP contribution in [0, 0.1) is 22.7 Å². The fourth-order valence-electron chi connectivity index (χ4n) is 6.49. The molecule has 1 aliphatic heterocycles. The first kappa shape index (κ1) is 25.9. The standard InChI is InChI=1S/C29H53N3/c1-20(30-24-16-12-22(13-17-24)28(3,4)5)26-10-9-11-27(32-26)21(2)31-25-18-14-23(15-19-25)29(6,7)8/h22-27,32H,9-19H2,1-8H3. The highest BCUT2D eigenvalue weighted by Crippen LogP contribution is 2.39. The summed E-state index contributed by atoms with van der Waals surface area (Å²) in [5.41, 5.74) is 3.58. The van der Waals surface area contributed by atoms with Crippen LogP contribution in [0.1, 0.15) is 126 Å². The van der Waals surface area contributed by atoms with Crippen molar-refractivity contribution in [2.45, 2.75) is 150 Å². The predicted octanol–water partition coefficient (Wildman–Crippen LogP) is 7.63. The summed E-state index contributed by atoms with van der Waals surface area (Å²) in [6, 6.07) is 1.97. The van der Waals surface area contributed by atoms with Gasteiger partial charge in [-0.3, -0.25) is 9.98 Å². The summed E-state index contributed by atoms with van der Waals surface area (Å²) in [5, 5.41) is 3.94. The molecule has 2 aliphatic carbocycles. The van der Waals surface area contributed by atoms with Gasteiger partial charge in [0.05, 0.1) is 0 Å². The molecule has 2 saturated carbocycles. The number of nitrogens with one attached hydrogen (secondary N) is 1. The first-order valence-corrected chi connectivity index (χ1v) is 13.8. The number of nitrogens with zero attached hydrogens (tertiary/aromatic N) is 2. The molecule has 2 unspecified atom stereocenters. The van der Waals surface area contributed by atoms with Crippen molar-refractivity contribution in [1.82, 2.24) is 5.32 Å². The molecule has 3 aliphatic rings. The van der Waals surface area contributed by atoms with Gasteiger partial charge in [-0.15, -0.1) is 0 Å². The van der Waals surface area contributed by atoms with Crippen molar-refractivity contribution >= 4 is 11.4 Å². The zero-order chi connectivity index (χ0) is 23.5. The Morgan fingerprint density at radius 1 is 0.562 bits per heavy atom. The molecule has 3 rings (SSSR count). The van der Waals surface area contributed by atoms with Gasteiger partial charge in [0.2, 0.25) is 0 Å². The minimum absolute atomic E-state index is 0.441. The quantitative estimate of drug-likeness (QED) is 0.445. The molecule has 3 heteroatoms. The minimum Gasteiger partial charge on any atom is -0.301 e. The highest BCUT2D eigenvalue weighted by atomic mass is 15.0. The Balaban J connectivity index is 1.51. The molecule has 1 saturated heterocycles. The Bertz CT molecular complexity index is 591. The van der Waals surface area contributed by atoms with E-state index in [1.807, 2.05) is 0 Å². The molecule has 0 aromatic carbocycles. The van der Waals surface area contributed by atoms with Gasteiger partial charge < -0.3 is 5.32 Å². The molecule has 0 aromatic rings. The van der Waals surface area contributed by atoms with Crippen molar-refractivity contribution in [3.63, 3.8) is 0 Å². The third kappa shape index (κ3) is 7.15. The Hall–Kier alpha value is -0.700. The van der Waals surface area contributed by atoms with Gasteiger partial charge in [0.25, 0.3) is 0 Å². The fourth-order valence-corrected chi connectivity index (χ4v) is 6.49. The average molecular weight is 444 g/mol. The molecule has 0 bridgehead atoms. The van der Waals surface area contributed by atoms with Crippen molar-refractivity contribution < 1.29 is 0 Å². The van der Waals surface area contributed by atoms with Crippen molar-refractivity contribution in [2.75, 3.05) is 0 Å². The third-order valence-corrected chi connectivity index (χ3v) is 9.01. The Kier molecular flexibility index (Phi) is 8.67. The second-order valence-electron chi connectivity index (χ2n) is 13.5. The molecule has 0 spiro atoms. The molecular weight excluding hydrogens is 390 g/mol. The van der Waals surface area contributed by atoms with E-state index in [1.54, 1.807) is 0 Å². The lowest BCUT2D eigenvalue weighted by atomic mass is 9.71. The molecule has 3 fully saturated rings. The minimum atomic E-state index is 0.441. The van der Waals surface area contributed by atoms with Gasteiger partial charge in [-0.25, -0.2) is 0 Å². The SMILES string of the molecule is CC(=NC1CCC(C(C)(C)C)CC1)C1CCCC(C(C)=NC2CCC(C(C)(C)C)CC2)N1. The highest BCUT2D eigenvalue weighted by molar-refractivity contribution is 5.91. The van der Waals surface area contributed by atoms with Crippen LogP contribution in [0.15, 0.2) is 9.98 Å². The number of hydrogen-bond acceptors (Lipinski definition) is 3. The number of piperidine rings is 1. The highest BCUT2D eigenvalue weighted by Gasteiger charge is 2.32. The molecule has 3 nitrogen and oxygen atoms in total. The van der Waals surface area contributed by atoms with E-state index >= 15 is 0 Å². The van der Waals surface area contributed by atoms with E-state index in [2.05, 4.69) is 60.7 Å². The van der Waals surface area contributed by atoms with Crippen molar-refractivity contribution in [1.29, 1.82) is 0 Å². The first-order valence-electron chi connectivity index (χ1n) is 13.8. The summed E-state index contributed by atoms with van der Waals surface area (Å²) in [5.74, 6) is 1.73. The molecule has 2 atom stereocenters. The molecule has 1 N–H and O–H groups in total. The fraction of sp³-hybridized carbons (Fsp3) is 0.931. The number of hydrogen-bond donors (Lipinski definition) is 1. The summed E-state index contributed by atoms with van der Waals surface area (Å²) >= 11 is 0. The maximum absolute atomic E-state index is 5.23. The van der Waals surface area contributed by atoms with Crippen LogP contribution in [0.2, 0.25) is 0 Å². The molecule has 0 radical (unpaired) electrons. The van der Waals surface area contributed by atoms with E-state index in [9.17, 15) is 0 Å². The first-order chi connectivity index (χ1) is 14.9. The van der Waals surface area contributed by atoms with Gasteiger partial charge in [-0.05, 0) is 107 Å². The van der Waals surface area contributed by atoms with E-state index in [4.69, 9.17) is 9.98 Å². The molecule has 32 heavy (non-hydrogen) atoms. The van der Waals surface area contributed by atoms with E-state index < -0.39 is 0 Å². The van der Waals surface area contributed by atoms with Crippen LogP contribution >= 0.6 is 0 Å². The predicted molar refractivity (Wildman–Crippen MR) is 141 cm³/mol. The summed E-state index contributed by atoms with van der Waals surface area (Å²) in [6.45, 7) is 19.0. The van der Waals surface area contributed by atoms with Gasteiger partial charge in [0.15, 0.2) is 0 Å². The molecule has 184 valence electrons. The molecule has 1 heterocycles. The summed E-state index contributed by atoms with van der Waals surface area (Å²) < 4.78 is 0. The average Bonchev–Trinajstić information content (AvgIpc) is 2.73. The van der Waals surface area contributed by atoms with E-state index in [1.165, 1.54) is 82.1 Å². The monoisotopic (exact) mass is 443 g/mol. The van der Waals surface area contributed by atoms with Crippen molar-refractivity contribution in [3.05, 3.63) is 0 Å². The summed E-state index contributed by atoms with van der Waals surface area (Å²) in [7, 11) is 0. The number of aliphatic imine (C=N–C) groups is 2. The van der Waals surface area contributed by atoms with Crippen LogP contribution < -0.4 is 5.32 Å². The second-order valence-corrected chi connectivity index (χ2v) is 13.5. The van der Waals surface area contributed by atoms with Crippen LogP contribution in [0.4, 0.5) is 0 Å². The maximum atomic E-state index is 5.23. The van der Waals surface area contributed by atoms with E-state index in [0.29, 0.717) is 35.0 Å². The lowest BCUT2D eigenvalue weighted by Crippen LogP contribution is -2.49. The maximum Gasteiger partial charge on any atom is 0.0499 e. The topological polar surface area (TPSA) is 36.8 Å². The Morgan fingerprint density at radius 2 is 0.906 bits per heavy atom. The Labute approximate surface area is 199 Å². The van der Waals surface area contributed by atoms with E-state index in [0.717, 1.165) is 11.8 Å². The van der Waals surface area contributed by atoms with Gasteiger partial charge >= 0.3 is 0 Å². The van der Waals surface area contributed by atoms with Crippen molar-refractivity contribution in [3.8, 4) is 0 Å². The largest absolute Gasteiger partial charge is 0.301 e. The molecule has 0 amide bonds. The summed E-state index contributed by atoms with van der Waals surface area (Å²) in [4.78, 5) is 10.5. The zero-order valence-electron chi connectivity index (χ0n) is 22.6. The van der Waals surface area contributed by atoms with Gasteiger partial charge in [-0.1, -0.05) is 41.5 Å². The smallest absolute Gasteiger partial charge is 0.0499 e. The van der Waals surface area contributed by atoms with Gasteiger partial charge in [0.1, 0.15) is 0 Å². The Morgan fingerprint density at radius 3 is 1.22 bits per heavy atom. The normalized spacial score (nSPS) is 36.2. The zero-order valence-corrected chi connectivity index (χ0v) is 22.6. The van der Waals surface area contributed by atoms with Crippen LogP contribution in [0.25, 0.3) is 0 Å². The second kappa shape index (κ2) is 10.7. The summed E-state index contributed by atoms with van der Waals surface area (Å²) in [6.07, 6.45) is 14.2. The van der Waals surface area contributed by atoms with Crippen LogP contribution in [-0.4, -0.2) is 35.6 Å². The van der Waals surface area contributed by atoms with Crippen LogP contribution in [-0.2, 0) is 0 Å². The van der Waals surface area contributed by atoms with Crippen LogP contribution in [0.5, 0.6) is 0 Å². The lowest BCUT2D eigenvalue weighted by molar-refractivity contribution is 0.170. The third-order valence-electron chi connectivity index (χ3n) is 9.01.